The predicted molar refractivity (Wildman–Crippen MR) is 99.9 cm³/mol. The molecule has 2 aliphatic rings. The zero-order valence-corrected chi connectivity index (χ0v) is 15.0. The number of halogens is 1. The number of benzene rings is 1. The van der Waals surface area contributed by atoms with Crippen molar-refractivity contribution in [1.29, 1.82) is 0 Å². The molecule has 1 aromatic heterocycles. The number of thioether (sulfide) groups is 1. The zero-order valence-electron chi connectivity index (χ0n) is 14.2. The second kappa shape index (κ2) is 7.11. The first-order chi connectivity index (χ1) is 12.6. The van der Waals surface area contributed by atoms with Crippen LogP contribution in [-0.4, -0.2) is 20.6 Å². The van der Waals surface area contributed by atoms with Crippen LogP contribution in [0.4, 0.5) is 9.18 Å². The quantitative estimate of drug-likeness (QED) is 0.713. The van der Waals surface area contributed by atoms with Gasteiger partial charge in [0.05, 0.1) is 11.4 Å². The van der Waals surface area contributed by atoms with E-state index in [9.17, 15) is 14.0 Å². The summed E-state index contributed by atoms with van der Waals surface area (Å²) in [6, 6.07) is 8.36. The summed E-state index contributed by atoms with van der Waals surface area (Å²) in [7, 11) is 0. The normalized spacial score (nSPS) is 19.9. The molecule has 1 saturated heterocycles. The molecule has 2 aromatic rings. The van der Waals surface area contributed by atoms with Crippen LogP contribution in [0.3, 0.4) is 0 Å². The molecule has 0 atom stereocenters. The van der Waals surface area contributed by atoms with Crippen molar-refractivity contribution >= 4 is 29.0 Å². The first-order valence-corrected chi connectivity index (χ1v) is 9.59. The first-order valence-electron chi connectivity index (χ1n) is 8.77. The van der Waals surface area contributed by atoms with Crippen molar-refractivity contribution < 1.29 is 14.0 Å². The second-order valence-electron chi connectivity index (χ2n) is 6.72. The minimum absolute atomic E-state index is 0.158. The van der Waals surface area contributed by atoms with Gasteiger partial charge in [-0.1, -0.05) is 25.0 Å². The van der Waals surface area contributed by atoms with Gasteiger partial charge in [-0.2, -0.15) is 0 Å². The minimum Gasteiger partial charge on any atom is -0.351 e. The first kappa shape index (κ1) is 17.1. The number of hydrogen-bond acceptors (Lipinski definition) is 3. The Bertz CT molecular complexity index is 866. The van der Waals surface area contributed by atoms with Crippen molar-refractivity contribution in [3.05, 3.63) is 64.6 Å². The molecule has 2 fully saturated rings. The molecule has 0 radical (unpaired) electrons. The van der Waals surface area contributed by atoms with Crippen molar-refractivity contribution in [2.75, 3.05) is 0 Å². The molecule has 0 spiro atoms. The van der Waals surface area contributed by atoms with E-state index in [0.29, 0.717) is 10.9 Å². The van der Waals surface area contributed by atoms with E-state index in [1.165, 1.54) is 42.7 Å². The standard InChI is InChI=1S/C20H19FN2O2S/c21-16-7-5-14(6-8-16)13-23-19(24)18(26-20(23)25)11-15-9-10-22(12-15)17-3-1-2-4-17/h5-12,17H,1-4,13H2/b18-11+. The summed E-state index contributed by atoms with van der Waals surface area (Å²) >= 11 is 0.956. The number of carbonyl (C=O) groups excluding carboxylic acids is 2. The van der Waals surface area contributed by atoms with E-state index in [4.69, 9.17) is 0 Å². The fraction of sp³-hybridized carbons (Fsp3) is 0.300. The van der Waals surface area contributed by atoms with Crippen LogP contribution in [0, 0.1) is 5.82 Å². The average Bonchev–Trinajstić information content (AvgIpc) is 3.35. The molecule has 0 bridgehead atoms. The lowest BCUT2D eigenvalue weighted by Gasteiger charge is -2.12. The van der Waals surface area contributed by atoms with E-state index in [-0.39, 0.29) is 23.5 Å². The Morgan fingerprint density at radius 3 is 2.58 bits per heavy atom. The Hall–Kier alpha value is -2.34. The second-order valence-corrected chi connectivity index (χ2v) is 7.72. The third kappa shape index (κ3) is 3.46. The highest BCUT2D eigenvalue weighted by Gasteiger charge is 2.35. The summed E-state index contributed by atoms with van der Waals surface area (Å²) in [5, 5.41) is -0.291. The number of amides is 2. The lowest BCUT2D eigenvalue weighted by Crippen LogP contribution is -2.27. The van der Waals surface area contributed by atoms with E-state index >= 15 is 0 Å². The smallest absolute Gasteiger partial charge is 0.293 e. The summed E-state index contributed by atoms with van der Waals surface area (Å²) in [6.07, 6.45) is 10.8. The van der Waals surface area contributed by atoms with Gasteiger partial charge in [0.15, 0.2) is 0 Å². The topological polar surface area (TPSA) is 42.3 Å². The number of nitrogens with zero attached hydrogens (tertiary/aromatic N) is 2. The van der Waals surface area contributed by atoms with Crippen LogP contribution < -0.4 is 0 Å². The Balaban J connectivity index is 1.49. The van der Waals surface area contributed by atoms with E-state index < -0.39 is 0 Å². The van der Waals surface area contributed by atoms with Crippen LogP contribution >= 0.6 is 11.8 Å². The van der Waals surface area contributed by atoms with Gasteiger partial charge in [-0.25, -0.2) is 4.39 Å². The van der Waals surface area contributed by atoms with Crippen LogP contribution in [0.5, 0.6) is 0 Å². The van der Waals surface area contributed by atoms with Crippen molar-refractivity contribution in [3.8, 4) is 0 Å². The predicted octanol–water partition coefficient (Wildman–Crippen LogP) is 4.98. The molecule has 2 heterocycles. The van der Waals surface area contributed by atoms with Crippen LogP contribution in [0.25, 0.3) is 6.08 Å². The molecule has 1 aliphatic heterocycles. The largest absolute Gasteiger partial charge is 0.351 e. The van der Waals surface area contributed by atoms with Gasteiger partial charge in [-0.05, 0) is 60.0 Å². The van der Waals surface area contributed by atoms with Gasteiger partial charge in [-0.3, -0.25) is 14.5 Å². The Labute approximate surface area is 155 Å². The van der Waals surface area contributed by atoms with E-state index in [0.717, 1.165) is 22.9 Å². The van der Waals surface area contributed by atoms with Crippen LogP contribution in [0.2, 0.25) is 0 Å². The fourth-order valence-corrected chi connectivity index (χ4v) is 4.34. The number of aromatic nitrogens is 1. The van der Waals surface area contributed by atoms with E-state index in [2.05, 4.69) is 4.57 Å². The van der Waals surface area contributed by atoms with Gasteiger partial charge in [0.25, 0.3) is 11.1 Å². The molecule has 6 heteroatoms. The van der Waals surface area contributed by atoms with Gasteiger partial charge in [-0.15, -0.1) is 0 Å². The summed E-state index contributed by atoms with van der Waals surface area (Å²) in [5.41, 5.74) is 1.66. The summed E-state index contributed by atoms with van der Waals surface area (Å²) in [6.45, 7) is 0.158. The molecule has 1 aliphatic carbocycles. The van der Waals surface area contributed by atoms with Gasteiger partial charge in [0.1, 0.15) is 5.82 Å². The van der Waals surface area contributed by atoms with Gasteiger partial charge < -0.3 is 4.57 Å². The molecule has 4 rings (SSSR count). The molecular formula is C20H19FN2O2S. The van der Waals surface area contributed by atoms with Crippen molar-refractivity contribution in [2.45, 2.75) is 38.3 Å². The third-order valence-corrected chi connectivity index (χ3v) is 5.82. The SMILES string of the molecule is O=C1S/C(=C/c2ccn(C3CCCC3)c2)C(=O)N1Cc1ccc(F)cc1. The maximum atomic E-state index is 13.0. The highest BCUT2D eigenvalue weighted by molar-refractivity contribution is 8.18. The maximum absolute atomic E-state index is 13.0. The van der Waals surface area contributed by atoms with Gasteiger partial charge in [0.2, 0.25) is 0 Å². The summed E-state index contributed by atoms with van der Waals surface area (Å²) < 4.78 is 15.2. The molecule has 26 heavy (non-hydrogen) atoms. The Morgan fingerprint density at radius 2 is 1.85 bits per heavy atom. The fourth-order valence-electron chi connectivity index (χ4n) is 3.51. The lowest BCUT2D eigenvalue weighted by atomic mass is 10.2. The highest BCUT2D eigenvalue weighted by atomic mass is 32.2. The molecule has 1 aromatic carbocycles. The molecule has 0 unspecified atom stereocenters. The van der Waals surface area contributed by atoms with Crippen LogP contribution in [0.15, 0.2) is 47.6 Å². The number of imide groups is 1. The molecule has 134 valence electrons. The maximum Gasteiger partial charge on any atom is 0.293 e. The van der Waals surface area contributed by atoms with Crippen molar-refractivity contribution in [2.24, 2.45) is 0 Å². The molecule has 4 nitrogen and oxygen atoms in total. The molecule has 0 N–H and O–H groups in total. The van der Waals surface area contributed by atoms with Gasteiger partial charge >= 0.3 is 0 Å². The Kier molecular flexibility index (Phi) is 4.68. The Morgan fingerprint density at radius 1 is 1.12 bits per heavy atom. The molecular weight excluding hydrogens is 351 g/mol. The molecule has 1 saturated carbocycles. The van der Waals surface area contributed by atoms with E-state index in [1.54, 1.807) is 18.2 Å². The van der Waals surface area contributed by atoms with E-state index in [1.807, 2.05) is 18.5 Å². The molecule has 2 amide bonds. The van der Waals surface area contributed by atoms with Gasteiger partial charge in [0, 0.05) is 18.4 Å². The van der Waals surface area contributed by atoms with Crippen LogP contribution in [0.1, 0.15) is 42.9 Å². The average molecular weight is 370 g/mol. The lowest BCUT2D eigenvalue weighted by molar-refractivity contribution is -0.123. The number of rotatable bonds is 4. The third-order valence-electron chi connectivity index (χ3n) is 4.91. The van der Waals surface area contributed by atoms with Crippen molar-refractivity contribution in [3.63, 3.8) is 0 Å². The highest BCUT2D eigenvalue weighted by Crippen LogP contribution is 2.34. The number of carbonyl (C=O) groups is 2. The minimum atomic E-state index is -0.338. The monoisotopic (exact) mass is 370 g/mol. The zero-order chi connectivity index (χ0) is 18.1. The van der Waals surface area contributed by atoms with Crippen molar-refractivity contribution in [1.82, 2.24) is 9.47 Å². The number of hydrogen-bond donors (Lipinski definition) is 0. The summed E-state index contributed by atoms with van der Waals surface area (Å²) in [5.74, 6) is -0.632. The van der Waals surface area contributed by atoms with Crippen LogP contribution in [-0.2, 0) is 11.3 Å². The summed E-state index contributed by atoms with van der Waals surface area (Å²) in [4.78, 5) is 26.4.